The molecule has 1 aliphatic heterocycles. The number of nitrogens with one attached hydrogen (secondary N) is 2. The van der Waals surface area contributed by atoms with E-state index in [-0.39, 0.29) is 42.3 Å². The molecule has 4 aliphatic carbocycles. The zero-order valence-electron chi connectivity index (χ0n) is 29.1. The molecule has 1 saturated heterocycles. The third-order valence-electron chi connectivity index (χ3n) is 12.0. The maximum absolute atomic E-state index is 13.1. The second-order valence-electron chi connectivity index (χ2n) is 15.6. The van der Waals surface area contributed by atoms with Crippen molar-refractivity contribution in [3.05, 3.63) is 107 Å². The summed E-state index contributed by atoms with van der Waals surface area (Å²) in [4.78, 5) is 15.2. The summed E-state index contributed by atoms with van der Waals surface area (Å²) >= 11 is 0. The molecule has 0 unspecified atom stereocenters. The number of hydrogen-bond acceptors (Lipinski definition) is 6. The average molecular weight is 668 g/mol. The van der Waals surface area contributed by atoms with E-state index in [0.29, 0.717) is 13.1 Å². The van der Waals surface area contributed by atoms with E-state index in [1.807, 2.05) is 92.8 Å². The van der Waals surface area contributed by atoms with E-state index < -0.39 is 12.4 Å². The molecule has 0 aromatic heterocycles. The van der Waals surface area contributed by atoms with Gasteiger partial charge in [-0.1, -0.05) is 85.8 Å². The number of carbonyl (C=O) groups is 1. The van der Waals surface area contributed by atoms with Gasteiger partial charge in [0.25, 0.3) is 0 Å². The van der Waals surface area contributed by atoms with Crippen LogP contribution in [0.4, 0.5) is 4.79 Å². The fourth-order valence-corrected chi connectivity index (χ4v) is 9.47. The van der Waals surface area contributed by atoms with Crippen molar-refractivity contribution in [3.63, 3.8) is 0 Å². The van der Waals surface area contributed by atoms with Gasteiger partial charge in [-0.25, -0.2) is 4.79 Å². The van der Waals surface area contributed by atoms with Gasteiger partial charge >= 0.3 is 6.03 Å². The van der Waals surface area contributed by atoms with Crippen molar-refractivity contribution >= 4 is 6.03 Å². The molecular formula is C41H53N3O5. The summed E-state index contributed by atoms with van der Waals surface area (Å²) < 4.78 is 13.4. The molecule has 8 nitrogen and oxygen atoms in total. The molecule has 3 aromatic carbocycles. The zero-order valence-corrected chi connectivity index (χ0v) is 29.1. The van der Waals surface area contributed by atoms with Gasteiger partial charge in [0, 0.05) is 36.2 Å². The van der Waals surface area contributed by atoms with E-state index in [4.69, 9.17) is 9.47 Å². The second kappa shape index (κ2) is 14.5. The Kier molecular flexibility index (Phi) is 10.1. The van der Waals surface area contributed by atoms with Gasteiger partial charge in [0.05, 0.1) is 24.9 Å². The molecule has 6 atom stereocenters. The fraction of sp³-hybridized carbons (Fsp3) is 0.537. The van der Waals surface area contributed by atoms with E-state index >= 15 is 0 Å². The van der Waals surface area contributed by atoms with Crippen LogP contribution in [0.15, 0.2) is 78.9 Å². The number of likely N-dealkylation sites (N-methyl/N-ethyl adjacent to an activating group) is 1. The Hall–Kier alpha value is -3.27. The number of carbonyl (C=O) groups excluding carboxylic acids is 1. The smallest absolute Gasteiger partial charge is 0.315 e. The van der Waals surface area contributed by atoms with Gasteiger partial charge < -0.3 is 30.3 Å². The van der Waals surface area contributed by atoms with Crippen LogP contribution in [0, 0.1) is 23.7 Å². The first-order valence-corrected chi connectivity index (χ1v) is 18.3. The van der Waals surface area contributed by atoms with Crippen molar-refractivity contribution < 1.29 is 24.5 Å². The highest BCUT2D eigenvalue weighted by Crippen LogP contribution is 2.55. The molecule has 262 valence electrons. The van der Waals surface area contributed by atoms with Crippen LogP contribution in [0.25, 0.3) is 0 Å². The highest BCUT2D eigenvalue weighted by Gasteiger charge is 2.51. The SMILES string of the molecule is C[C@@H]1[C@H](CN(C)[C@H](C)[C@@H](O)c2ccccc2)O[C@H](c2ccc(CNC(=O)NC34CC5CC(CC(C5)C3)C4)cc2)O[C@@H]1c1ccc(CO)cc1. The first-order valence-electron chi connectivity index (χ1n) is 18.3. The number of rotatable bonds is 11. The highest BCUT2D eigenvalue weighted by atomic mass is 16.7. The molecular weight excluding hydrogens is 614 g/mol. The number of urea groups is 1. The zero-order chi connectivity index (χ0) is 34.1. The molecule has 5 fully saturated rings. The minimum absolute atomic E-state index is 0.00667. The average Bonchev–Trinajstić information content (AvgIpc) is 3.11. The van der Waals surface area contributed by atoms with Gasteiger partial charge in [-0.2, -0.15) is 0 Å². The molecule has 0 radical (unpaired) electrons. The molecule has 8 heteroatoms. The molecule has 2 amide bonds. The van der Waals surface area contributed by atoms with E-state index in [9.17, 15) is 15.0 Å². The lowest BCUT2D eigenvalue weighted by Crippen LogP contribution is -2.61. The summed E-state index contributed by atoms with van der Waals surface area (Å²) in [5.74, 6) is 2.39. The predicted octanol–water partition coefficient (Wildman–Crippen LogP) is 6.79. The molecule has 0 spiro atoms. The summed E-state index contributed by atoms with van der Waals surface area (Å²) in [5, 5.41) is 27.3. The third kappa shape index (κ3) is 7.59. The Morgan fingerprint density at radius 1 is 0.878 bits per heavy atom. The lowest BCUT2D eigenvalue weighted by molar-refractivity contribution is -0.276. The van der Waals surface area contributed by atoms with E-state index in [2.05, 4.69) is 22.5 Å². The van der Waals surface area contributed by atoms with Crippen LogP contribution in [0.2, 0.25) is 0 Å². The minimum atomic E-state index is -0.630. The largest absolute Gasteiger partial charge is 0.392 e. The summed E-state index contributed by atoms with van der Waals surface area (Å²) in [6, 6.07) is 25.7. The van der Waals surface area contributed by atoms with Crippen molar-refractivity contribution in [2.24, 2.45) is 23.7 Å². The van der Waals surface area contributed by atoms with Gasteiger partial charge in [-0.15, -0.1) is 0 Å². The van der Waals surface area contributed by atoms with E-state index in [1.54, 1.807) is 0 Å². The topological polar surface area (TPSA) is 103 Å². The minimum Gasteiger partial charge on any atom is -0.392 e. The van der Waals surface area contributed by atoms with Gasteiger partial charge in [0.1, 0.15) is 0 Å². The van der Waals surface area contributed by atoms with Crippen molar-refractivity contribution in [2.75, 3.05) is 13.6 Å². The van der Waals surface area contributed by atoms with Crippen molar-refractivity contribution in [1.29, 1.82) is 0 Å². The van der Waals surface area contributed by atoms with Crippen LogP contribution in [0.3, 0.4) is 0 Å². The number of aliphatic hydroxyl groups excluding tert-OH is 2. The summed E-state index contributed by atoms with van der Waals surface area (Å²) in [6.45, 7) is 5.25. The summed E-state index contributed by atoms with van der Waals surface area (Å²) in [7, 11) is 2.03. The Bertz CT molecular complexity index is 1510. The first kappa shape index (κ1) is 34.2. The van der Waals surface area contributed by atoms with Gasteiger partial charge in [0.15, 0.2) is 6.29 Å². The maximum atomic E-state index is 13.1. The Balaban J connectivity index is 1.01. The van der Waals surface area contributed by atoms with Gasteiger partial charge in [0.2, 0.25) is 0 Å². The lowest BCUT2D eigenvalue weighted by Gasteiger charge is -2.56. The molecule has 3 aromatic rings. The summed E-state index contributed by atoms with van der Waals surface area (Å²) in [6.07, 6.45) is 5.85. The Morgan fingerprint density at radius 3 is 2.08 bits per heavy atom. The lowest BCUT2D eigenvalue weighted by atomic mass is 9.53. The first-order chi connectivity index (χ1) is 23.7. The number of nitrogens with zero attached hydrogens (tertiary/aromatic N) is 1. The fourth-order valence-electron chi connectivity index (χ4n) is 9.47. The molecule has 4 N–H and O–H groups in total. The highest BCUT2D eigenvalue weighted by molar-refractivity contribution is 5.75. The van der Waals surface area contributed by atoms with Crippen LogP contribution in [-0.2, 0) is 22.6 Å². The monoisotopic (exact) mass is 667 g/mol. The molecule has 8 rings (SSSR count). The van der Waals surface area contributed by atoms with Gasteiger partial charge in [-0.3, -0.25) is 4.90 Å². The number of ether oxygens (including phenoxy) is 2. The molecule has 1 heterocycles. The van der Waals surface area contributed by atoms with Crippen LogP contribution >= 0.6 is 0 Å². The van der Waals surface area contributed by atoms with Crippen LogP contribution < -0.4 is 10.6 Å². The number of amides is 2. The molecule has 4 bridgehead atoms. The van der Waals surface area contributed by atoms with E-state index in [0.717, 1.165) is 64.8 Å². The Morgan fingerprint density at radius 2 is 1.47 bits per heavy atom. The van der Waals surface area contributed by atoms with Crippen LogP contribution in [0.1, 0.15) is 98.7 Å². The molecule has 4 saturated carbocycles. The van der Waals surface area contributed by atoms with Crippen LogP contribution in [-0.4, -0.2) is 52.4 Å². The molecule has 5 aliphatic rings. The molecule has 49 heavy (non-hydrogen) atoms. The number of hydrogen-bond donors (Lipinski definition) is 4. The standard InChI is InChI=1S/C41H53N3O5/c1-26-36(24-44(3)27(2)37(46)33-7-5-4-6-8-33)48-39(49-38(26)34-13-11-29(25-45)12-14-34)35-15-9-28(10-16-35)23-42-40(47)43-41-20-30-17-31(21-41)19-32(18-30)22-41/h4-16,26-27,30-32,36-39,45-46H,17-25H2,1-3H3,(H2,42,43,47)/t26-,27-,30?,31?,32?,36+,37-,38+,39+,41?/m1/s1. The van der Waals surface area contributed by atoms with E-state index in [1.165, 1.54) is 19.3 Å². The van der Waals surface area contributed by atoms with Crippen molar-refractivity contribution in [1.82, 2.24) is 15.5 Å². The maximum Gasteiger partial charge on any atom is 0.315 e. The normalized spacial score (nSPS) is 31.8. The predicted molar refractivity (Wildman–Crippen MR) is 189 cm³/mol. The quantitative estimate of drug-likeness (QED) is 0.180. The third-order valence-corrected chi connectivity index (χ3v) is 12.0. The Labute approximate surface area is 291 Å². The van der Waals surface area contributed by atoms with Crippen molar-refractivity contribution in [2.45, 2.75) is 102 Å². The van der Waals surface area contributed by atoms with Gasteiger partial charge in [-0.05, 0) is 92.5 Å². The van der Waals surface area contributed by atoms with Crippen LogP contribution in [0.5, 0.6) is 0 Å². The number of benzene rings is 3. The number of aliphatic hydroxyl groups is 2. The second-order valence-corrected chi connectivity index (χ2v) is 15.6. The summed E-state index contributed by atoms with van der Waals surface area (Å²) in [5.41, 5.74) is 4.71. The van der Waals surface area contributed by atoms with Crippen molar-refractivity contribution in [3.8, 4) is 0 Å².